The zero-order valence-corrected chi connectivity index (χ0v) is 14.9. The highest BCUT2D eigenvalue weighted by molar-refractivity contribution is 6.30. The summed E-state index contributed by atoms with van der Waals surface area (Å²) in [4.78, 5) is 23.0. The van der Waals surface area contributed by atoms with Crippen LogP contribution in [0.3, 0.4) is 0 Å². The van der Waals surface area contributed by atoms with Crippen molar-refractivity contribution in [2.24, 2.45) is 0 Å². The van der Waals surface area contributed by atoms with E-state index in [1.165, 1.54) is 6.33 Å². The SMILES string of the molecule is O=C(Nc1cccc(Cl)c1)c1cc(N2CCC3(CC2)OCCO3)ncn1. The summed E-state index contributed by atoms with van der Waals surface area (Å²) in [6.45, 7) is 2.82. The summed E-state index contributed by atoms with van der Waals surface area (Å²) in [6, 6.07) is 8.69. The number of piperidine rings is 1. The van der Waals surface area contributed by atoms with Gasteiger partial charge in [0.15, 0.2) is 5.79 Å². The predicted molar refractivity (Wildman–Crippen MR) is 97.5 cm³/mol. The number of carbonyl (C=O) groups excluding carboxylic acids is 1. The molecule has 2 aliphatic heterocycles. The minimum Gasteiger partial charge on any atom is -0.356 e. The first-order valence-electron chi connectivity index (χ1n) is 8.55. The van der Waals surface area contributed by atoms with Crippen molar-refractivity contribution >= 4 is 29.0 Å². The molecule has 2 aliphatic rings. The number of amides is 1. The number of nitrogens with zero attached hydrogens (tertiary/aromatic N) is 3. The van der Waals surface area contributed by atoms with Crippen LogP contribution in [0.25, 0.3) is 0 Å². The third kappa shape index (κ3) is 3.65. The summed E-state index contributed by atoms with van der Waals surface area (Å²) in [5.74, 6) is -0.00741. The van der Waals surface area contributed by atoms with Crippen LogP contribution in [0, 0.1) is 0 Å². The van der Waals surface area contributed by atoms with E-state index in [9.17, 15) is 4.79 Å². The summed E-state index contributed by atoms with van der Waals surface area (Å²) in [5.41, 5.74) is 0.932. The minimum absolute atomic E-state index is 0.299. The molecule has 1 aromatic carbocycles. The monoisotopic (exact) mass is 374 g/mol. The zero-order valence-electron chi connectivity index (χ0n) is 14.2. The van der Waals surface area contributed by atoms with Gasteiger partial charge in [-0.05, 0) is 18.2 Å². The van der Waals surface area contributed by atoms with E-state index in [1.807, 2.05) is 0 Å². The quantitative estimate of drug-likeness (QED) is 0.890. The third-order valence-electron chi connectivity index (χ3n) is 4.63. The van der Waals surface area contributed by atoms with Gasteiger partial charge >= 0.3 is 0 Å². The normalized spacial score (nSPS) is 18.9. The summed E-state index contributed by atoms with van der Waals surface area (Å²) in [5, 5.41) is 3.36. The maximum Gasteiger partial charge on any atom is 0.274 e. The Balaban J connectivity index is 1.44. The Labute approximate surface area is 156 Å². The molecule has 7 nitrogen and oxygen atoms in total. The Morgan fingerprint density at radius 1 is 1.15 bits per heavy atom. The number of rotatable bonds is 3. The van der Waals surface area contributed by atoms with E-state index in [0.29, 0.717) is 29.6 Å². The second kappa shape index (κ2) is 7.19. The smallest absolute Gasteiger partial charge is 0.274 e. The van der Waals surface area contributed by atoms with E-state index in [2.05, 4.69) is 20.2 Å². The van der Waals surface area contributed by atoms with Crippen molar-refractivity contribution in [3.05, 3.63) is 47.4 Å². The first kappa shape index (κ1) is 17.2. The Kier molecular flexibility index (Phi) is 4.76. The van der Waals surface area contributed by atoms with Gasteiger partial charge in [-0.1, -0.05) is 17.7 Å². The third-order valence-corrected chi connectivity index (χ3v) is 4.87. The van der Waals surface area contributed by atoms with Gasteiger partial charge in [0, 0.05) is 42.7 Å². The lowest BCUT2D eigenvalue weighted by Gasteiger charge is -2.38. The van der Waals surface area contributed by atoms with Gasteiger partial charge in [-0.3, -0.25) is 4.79 Å². The highest BCUT2D eigenvalue weighted by atomic mass is 35.5. The van der Waals surface area contributed by atoms with Crippen molar-refractivity contribution in [3.8, 4) is 0 Å². The number of anilines is 2. The van der Waals surface area contributed by atoms with E-state index in [0.717, 1.165) is 31.7 Å². The van der Waals surface area contributed by atoms with Crippen molar-refractivity contribution in [2.45, 2.75) is 18.6 Å². The van der Waals surface area contributed by atoms with Crippen LogP contribution in [0.5, 0.6) is 0 Å². The van der Waals surface area contributed by atoms with Gasteiger partial charge in [0.05, 0.1) is 13.2 Å². The summed E-state index contributed by atoms with van der Waals surface area (Å²) >= 11 is 5.95. The lowest BCUT2D eigenvalue weighted by Crippen LogP contribution is -2.45. The topological polar surface area (TPSA) is 76.6 Å². The van der Waals surface area contributed by atoms with Crippen LogP contribution in [0.2, 0.25) is 5.02 Å². The number of nitrogens with one attached hydrogen (secondary N) is 1. The molecular formula is C18H19ClN4O3. The van der Waals surface area contributed by atoms with Crippen LogP contribution in [-0.4, -0.2) is 48.0 Å². The standard InChI is InChI=1S/C18H19ClN4O3/c19-13-2-1-3-14(10-13)22-17(24)15-11-16(21-12-20-15)23-6-4-18(5-7-23)25-8-9-26-18/h1-3,10-12H,4-9H2,(H,22,24). The molecule has 2 fully saturated rings. The molecule has 0 atom stereocenters. The zero-order chi connectivity index (χ0) is 18.0. The maximum absolute atomic E-state index is 12.5. The fraction of sp³-hybridized carbons (Fsp3) is 0.389. The van der Waals surface area contributed by atoms with E-state index in [4.69, 9.17) is 21.1 Å². The predicted octanol–water partition coefficient (Wildman–Crippen LogP) is 2.73. The van der Waals surface area contributed by atoms with Crippen molar-refractivity contribution < 1.29 is 14.3 Å². The molecule has 1 N–H and O–H groups in total. The molecule has 4 rings (SSSR count). The molecule has 8 heteroatoms. The second-order valence-corrected chi connectivity index (χ2v) is 6.76. The van der Waals surface area contributed by atoms with E-state index >= 15 is 0 Å². The number of carbonyl (C=O) groups is 1. The van der Waals surface area contributed by atoms with Gasteiger partial charge in [0.25, 0.3) is 5.91 Å². The molecule has 3 heterocycles. The van der Waals surface area contributed by atoms with Gasteiger partial charge in [0.2, 0.25) is 0 Å². The molecule has 1 amide bonds. The lowest BCUT2D eigenvalue weighted by molar-refractivity contribution is -0.169. The first-order valence-corrected chi connectivity index (χ1v) is 8.93. The van der Waals surface area contributed by atoms with Gasteiger partial charge in [-0.15, -0.1) is 0 Å². The molecule has 0 saturated carbocycles. The average molecular weight is 375 g/mol. The summed E-state index contributed by atoms with van der Waals surface area (Å²) in [7, 11) is 0. The van der Waals surface area contributed by atoms with Gasteiger partial charge in [-0.2, -0.15) is 0 Å². The molecule has 26 heavy (non-hydrogen) atoms. The van der Waals surface area contributed by atoms with Crippen LogP contribution in [0.1, 0.15) is 23.3 Å². The molecule has 2 aromatic rings. The Bertz CT molecular complexity index is 801. The Hall–Kier alpha value is -2.22. The van der Waals surface area contributed by atoms with Crippen LogP contribution in [-0.2, 0) is 9.47 Å². The van der Waals surface area contributed by atoms with Crippen LogP contribution >= 0.6 is 11.6 Å². The molecule has 0 unspecified atom stereocenters. The largest absolute Gasteiger partial charge is 0.356 e. The molecule has 1 spiro atoms. The highest BCUT2D eigenvalue weighted by Crippen LogP contribution is 2.32. The minimum atomic E-state index is -0.434. The number of ether oxygens (including phenoxy) is 2. The maximum atomic E-state index is 12.5. The van der Waals surface area contributed by atoms with Crippen LogP contribution in [0.4, 0.5) is 11.5 Å². The first-order chi connectivity index (χ1) is 12.6. The van der Waals surface area contributed by atoms with Crippen molar-refractivity contribution in [2.75, 3.05) is 36.5 Å². The van der Waals surface area contributed by atoms with Crippen molar-refractivity contribution in [3.63, 3.8) is 0 Å². The Morgan fingerprint density at radius 2 is 1.92 bits per heavy atom. The molecule has 0 radical (unpaired) electrons. The molecule has 1 aromatic heterocycles. The lowest BCUT2D eigenvalue weighted by atomic mass is 10.0. The molecule has 136 valence electrons. The fourth-order valence-corrected chi connectivity index (χ4v) is 3.46. The van der Waals surface area contributed by atoms with Crippen molar-refractivity contribution in [1.82, 2.24) is 9.97 Å². The van der Waals surface area contributed by atoms with Crippen LogP contribution < -0.4 is 10.2 Å². The summed E-state index contributed by atoms with van der Waals surface area (Å²) in [6.07, 6.45) is 2.97. The number of aromatic nitrogens is 2. The van der Waals surface area contributed by atoms with E-state index < -0.39 is 5.79 Å². The fourth-order valence-electron chi connectivity index (χ4n) is 3.27. The number of benzene rings is 1. The Morgan fingerprint density at radius 3 is 2.65 bits per heavy atom. The van der Waals surface area contributed by atoms with Gasteiger partial charge in [0.1, 0.15) is 17.8 Å². The highest BCUT2D eigenvalue weighted by Gasteiger charge is 2.40. The molecule has 2 saturated heterocycles. The van der Waals surface area contributed by atoms with Crippen LogP contribution in [0.15, 0.2) is 36.7 Å². The van der Waals surface area contributed by atoms with E-state index in [1.54, 1.807) is 30.3 Å². The van der Waals surface area contributed by atoms with Crippen molar-refractivity contribution in [1.29, 1.82) is 0 Å². The van der Waals surface area contributed by atoms with Gasteiger partial charge in [-0.25, -0.2) is 9.97 Å². The molecule has 0 aliphatic carbocycles. The van der Waals surface area contributed by atoms with E-state index in [-0.39, 0.29) is 5.91 Å². The number of halogens is 1. The summed E-state index contributed by atoms with van der Waals surface area (Å²) < 4.78 is 11.5. The molecular weight excluding hydrogens is 356 g/mol. The number of hydrogen-bond acceptors (Lipinski definition) is 6. The number of hydrogen-bond donors (Lipinski definition) is 1. The van der Waals surface area contributed by atoms with Gasteiger partial charge < -0.3 is 19.7 Å². The molecule has 0 bridgehead atoms. The average Bonchev–Trinajstić information content (AvgIpc) is 3.10. The second-order valence-electron chi connectivity index (χ2n) is 6.32.